The van der Waals surface area contributed by atoms with Gasteiger partial charge in [-0.25, -0.2) is 4.98 Å². The predicted octanol–water partition coefficient (Wildman–Crippen LogP) is 4.75. The summed E-state index contributed by atoms with van der Waals surface area (Å²) < 4.78 is 1.76. The summed E-state index contributed by atoms with van der Waals surface area (Å²) in [6, 6.07) is 17.9. The molecule has 0 aliphatic heterocycles. The van der Waals surface area contributed by atoms with Crippen molar-refractivity contribution in [2.24, 2.45) is 0 Å². The molecule has 0 saturated heterocycles. The van der Waals surface area contributed by atoms with Crippen LogP contribution in [-0.2, 0) is 12.3 Å². The summed E-state index contributed by atoms with van der Waals surface area (Å²) in [6.07, 6.45) is 3.53. The standard InChI is InChI=1S/C23H21N3OS/c1-16-9-10-17(2)19(12-16)15-28-23-25-21-8-4-3-7-20(21)22(27)26(23)14-18-6-5-11-24-13-18/h3-13H,14-15H2,1-2H3. The maximum atomic E-state index is 13.2. The second kappa shape index (κ2) is 7.98. The van der Waals surface area contributed by atoms with Crippen LogP contribution < -0.4 is 5.56 Å². The van der Waals surface area contributed by atoms with Crippen molar-refractivity contribution >= 4 is 22.7 Å². The van der Waals surface area contributed by atoms with E-state index in [1.54, 1.807) is 28.7 Å². The molecule has 0 aliphatic carbocycles. The Kier molecular flexibility index (Phi) is 5.26. The molecule has 0 aliphatic rings. The van der Waals surface area contributed by atoms with Gasteiger partial charge in [-0.1, -0.05) is 53.7 Å². The first-order chi connectivity index (χ1) is 13.6. The topological polar surface area (TPSA) is 47.8 Å². The number of para-hydroxylation sites is 1. The van der Waals surface area contributed by atoms with Crippen LogP contribution in [-0.4, -0.2) is 14.5 Å². The second-order valence-electron chi connectivity index (χ2n) is 6.88. The number of hydrogen-bond donors (Lipinski definition) is 0. The lowest BCUT2D eigenvalue weighted by Gasteiger charge is -2.14. The molecule has 4 nitrogen and oxygen atoms in total. The Morgan fingerprint density at radius 3 is 2.71 bits per heavy atom. The third kappa shape index (κ3) is 3.85. The number of fused-ring (bicyclic) bond motifs is 1. The van der Waals surface area contributed by atoms with Gasteiger partial charge in [0.05, 0.1) is 17.4 Å². The predicted molar refractivity (Wildman–Crippen MR) is 115 cm³/mol. The summed E-state index contributed by atoms with van der Waals surface area (Å²) in [4.78, 5) is 22.2. The SMILES string of the molecule is Cc1ccc(C)c(CSc2nc3ccccc3c(=O)n2Cc2cccnc2)c1. The number of nitrogens with zero attached hydrogens (tertiary/aromatic N) is 3. The van der Waals surface area contributed by atoms with Crippen molar-refractivity contribution in [3.05, 3.63) is 99.6 Å². The lowest BCUT2D eigenvalue weighted by atomic mass is 10.1. The maximum absolute atomic E-state index is 13.2. The van der Waals surface area contributed by atoms with E-state index in [-0.39, 0.29) is 5.56 Å². The number of aryl methyl sites for hydroxylation is 2. The molecule has 0 spiro atoms. The Hall–Kier alpha value is -2.92. The molecule has 0 fully saturated rings. The van der Waals surface area contributed by atoms with Gasteiger partial charge in [-0.05, 0) is 48.7 Å². The maximum Gasteiger partial charge on any atom is 0.262 e. The quantitative estimate of drug-likeness (QED) is 0.366. The normalized spacial score (nSPS) is 11.1. The van der Waals surface area contributed by atoms with Gasteiger partial charge >= 0.3 is 0 Å². The zero-order valence-electron chi connectivity index (χ0n) is 15.9. The fourth-order valence-corrected chi connectivity index (χ4v) is 4.23. The Labute approximate surface area is 168 Å². The van der Waals surface area contributed by atoms with Crippen molar-refractivity contribution in [1.82, 2.24) is 14.5 Å². The zero-order chi connectivity index (χ0) is 19.5. The first-order valence-electron chi connectivity index (χ1n) is 9.19. The van der Waals surface area contributed by atoms with Gasteiger partial charge in [0.1, 0.15) is 0 Å². The molecule has 2 heterocycles. The van der Waals surface area contributed by atoms with E-state index < -0.39 is 0 Å². The summed E-state index contributed by atoms with van der Waals surface area (Å²) in [6.45, 7) is 4.67. The number of thioether (sulfide) groups is 1. The van der Waals surface area contributed by atoms with E-state index in [4.69, 9.17) is 4.98 Å². The van der Waals surface area contributed by atoms with E-state index in [1.165, 1.54) is 16.7 Å². The first kappa shape index (κ1) is 18.4. The van der Waals surface area contributed by atoms with Gasteiger partial charge in [0, 0.05) is 18.1 Å². The van der Waals surface area contributed by atoms with E-state index in [2.05, 4.69) is 37.0 Å². The molecule has 2 aromatic heterocycles. The highest BCUT2D eigenvalue weighted by atomic mass is 32.2. The molecule has 0 radical (unpaired) electrons. The first-order valence-corrected chi connectivity index (χ1v) is 10.2. The number of hydrogen-bond acceptors (Lipinski definition) is 4. The molecule has 140 valence electrons. The molecule has 0 unspecified atom stereocenters. The molecule has 5 heteroatoms. The van der Waals surface area contributed by atoms with Crippen LogP contribution in [0.5, 0.6) is 0 Å². The van der Waals surface area contributed by atoms with Crippen LogP contribution in [0.3, 0.4) is 0 Å². The van der Waals surface area contributed by atoms with Crippen molar-refractivity contribution in [2.75, 3.05) is 0 Å². The van der Waals surface area contributed by atoms with Crippen molar-refractivity contribution < 1.29 is 0 Å². The van der Waals surface area contributed by atoms with Crippen molar-refractivity contribution in [1.29, 1.82) is 0 Å². The number of aromatic nitrogens is 3. The van der Waals surface area contributed by atoms with Gasteiger partial charge in [-0.3, -0.25) is 14.3 Å². The lowest BCUT2D eigenvalue weighted by Crippen LogP contribution is -2.24. The van der Waals surface area contributed by atoms with Crippen LogP contribution in [0.1, 0.15) is 22.3 Å². The van der Waals surface area contributed by atoms with Gasteiger partial charge in [0.25, 0.3) is 5.56 Å². The minimum Gasteiger partial charge on any atom is -0.283 e. The van der Waals surface area contributed by atoms with Crippen LogP contribution >= 0.6 is 11.8 Å². The Bertz CT molecular complexity index is 1190. The van der Waals surface area contributed by atoms with E-state index >= 15 is 0 Å². The van der Waals surface area contributed by atoms with Crippen LogP contribution in [0.4, 0.5) is 0 Å². The molecule has 28 heavy (non-hydrogen) atoms. The highest BCUT2D eigenvalue weighted by Crippen LogP contribution is 2.25. The van der Waals surface area contributed by atoms with Gasteiger partial charge in [0.15, 0.2) is 5.16 Å². The Morgan fingerprint density at radius 2 is 1.89 bits per heavy atom. The fourth-order valence-electron chi connectivity index (χ4n) is 3.17. The summed E-state index contributed by atoms with van der Waals surface area (Å²) in [5.74, 6) is 0.769. The van der Waals surface area contributed by atoms with Gasteiger partial charge in [-0.15, -0.1) is 0 Å². The summed E-state index contributed by atoms with van der Waals surface area (Å²) >= 11 is 1.60. The van der Waals surface area contributed by atoms with E-state index in [9.17, 15) is 4.79 Å². The molecular weight excluding hydrogens is 366 g/mol. The zero-order valence-corrected chi connectivity index (χ0v) is 16.7. The smallest absolute Gasteiger partial charge is 0.262 e. The van der Waals surface area contributed by atoms with Crippen molar-refractivity contribution in [2.45, 2.75) is 31.3 Å². The molecule has 0 atom stereocenters. The second-order valence-corrected chi connectivity index (χ2v) is 7.83. The van der Waals surface area contributed by atoms with Crippen LogP contribution in [0.2, 0.25) is 0 Å². The molecule has 4 aromatic rings. The average Bonchev–Trinajstić information content (AvgIpc) is 2.72. The van der Waals surface area contributed by atoms with E-state index in [1.807, 2.05) is 36.4 Å². The molecule has 2 aromatic carbocycles. The third-order valence-corrected chi connectivity index (χ3v) is 5.78. The monoisotopic (exact) mass is 387 g/mol. The van der Waals surface area contributed by atoms with Crippen LogP contribution in [0.25, 0.3) is 10.9 Å². The Morgan fingerprint density at radius 1 is 1.04 bits per heavy atom. The molecular formula is C23H21N3OS. The highest BCUT2D eigenvalue weighted by Gasteiger charge is 2.13. The van der Waals surface area contributed by atoms with Crippen molar-refractivity contribution in [3.8, 4) is 0 Å². The summed E-state index contributed by atoms with van der Waals surface area (Å²) in [5.41, 5.74) is 5.45. The number of pyridine rings is 1. The van der Waals surface area contributed by atoms with Gasteiger partial charge < -0.3 is 0 Å². The van der Waals surface area contributed by atoms with Gasteiger partial charge in [0.2, 0.25) is 0 Å². The largest absolute Gasteiger partial charge is 0.283 e. The third-order valence-electron chi connectivity index (χ3n) is 4.75. The van der Waals surface area contributed by atoms with Gasteiger partial charge in [-0.2, -0.15) is 0 Å². The fraction of sp³-hybridized carbons (Fsp3) is 0.174. The molecule has 4 rings (SSSR count). The number of benzene rings is 2. The number of rotatable bonds is 5. The van der Waals surface area contributed by atoms with E-state index in [0.29, 0.717) is 11.9 Å². The molecule has 0 amide bonds. The molecule has 0 saturated carbocycles. The molecule has 0 N–H and O–H groups in total. The van der Waals surface area contributed by atoms with E-state index in [0.717, 1.165) is 22.0 Å². The van der Waals surface area contributed by atoms with Crippen molar-refractivity contribution in [3.63, 3.8) is 0 Å². The Balaban J connectivity index is 1.76. The minimum atomic E-state index is -0.0158. The minimum absolute atomic E-state index is 0.0158. The highest BCUT2D eigenvalue weighted by molar-refractivity contribution is 7.98. The van der Waals surface area contributed by atoms with Crippen LogP contribution in [0, 0.1) is 13.8 Å². The average molecular weight is 388 g/mol. The van der Waals surface area contributed by atoms with Crippen LogP contribution in [0.15, 0.2) is 76.9 Å². The summed E-state index contributed by atoms with van der Waals surface area (Å²) in [5, 5.41) is 1.37. The summed E-state index contributed by atoms with van der Waals surface area (Å²) in [7, 11) is 0. The molecule has 0 bridgehead atoms. The lowest BCUT2D eigenvalue weighted by molar-refractivity contribution is 0.656.